The van der Waals surface area contributed by atoms with E-state index in [1.807, 2.05) is 13.8 Å². The van der Waals surface area contributed by atoms with Gasteiger partial charge in [0.25, 0.3) is 6.43 Å². The van der Waals surface area contributed by atoms with Gasteiger partial charge in [-0.25, -0.2) is 8.78 Å². The highest BCUT2D eigenvalue weighted by atomic mass is 19.3. The molecule has 60 valence electrons. The second kappa shape index (κ2) is 2.82. The standard InChI is InChI=1S/C7H12F2O/c1-4-3-10-6(5(4)2)7(8)9/h4-7H,3H2,1-2H3. The summed E-state index contributed by atoms with van der Waals surface area (Å²) in [5.74, 6) is 0.277. The second-order valence-corrected chi connectivity index (χ2v) is 2.97. The summed E-state index contributed by atoms with van der Waals surface area (Å²) in [6, 6.07) is 0. The van der Waals surface area contributed by atoms with E-state index >= 15 is 0 Å². The molecule has 0 bridgehead atoms. The molecule has 1 fully saturated rings. The lowest BCUT2D eigenvalue weighted by Crippen LogP contribution is -2.24. The smallest absolute Gasteiger partial charge is 0.264 e. The molecule has 0 aromatic carbocycles. The van der Waals surface area contributed by atoms with Crippen LogP contribution in [-0.2, 0) is 4.74 Å². The van der Waals surface area contributed by atoms with Gasteiger partial charge in [0.15, 0.2) is 0 Å². The molecular formula is C7H12F2O. The van der Waals surface area contributed by atoms with Gasteiger partial charge in [0.1, 0.15) is 6.10 Å². The van der Waals surface area contributed by atoms with Crippen LogP contribution in [-0.4, -0.2) is 19.1 Å². The molecule has 1 heterocycles. The van der Waals surface area contributed by atoms with Crippen molar-refractivity contribution in [3.63, 3.8) is 0 Å². The SMILES string of the molecule is CC1COC(C(F)F)C1C. The minimum absolute atomic E-state index is 0.000000000000000222. The number of hydrogen-bond acceptors (Lipinski definition) is 1. The molecule has 3 atom stereocenters. The molecule has 0 aliphatic carbocycles. The second-order valence-electron chi connectivity index (χ2n) is 2.97. The topological polar surface area (TPSA) is 9.23 Å². The molecule has 3 unspecified atom stereocenters. The van der Waals surface area contributed by atoms with E-state index in [0.29, 0.717) is 6.61 Å². The Kier molecular flexibility index (Phi) is 2.24. The lowest BCUT2D eigenvalue weighted by Gasteiger charge is -2.14. The number of rotatable bonds is 1. The Labute approximate surface area is 59.4 Å². The molecule has 0 N–H and O–H groups in total. The lowest BCUT2D eigenvalue weighted by molar-refractivity contribution is -0.0366. The van der Waals surface area contributed by atoms with Crippen molar-refractivity contribution in [3.05, 3.63) is 0 Å². The molecule has 1 aliphatic heterocycles. The van der Waals surface area contributed by atoms with Gasteiger partial charge in [0, 0.05) is 0 Å². The first-order valence-electron chi connectivity index (χ1n) is 3.52. The minimum atomic E-state index is -2.32. The maximum Gasteiger partial charge on any atom is 0.264 e. The Morgan fingerprint density at radius 2 is 2.00 bits per heavy atom. The van der Waals surface area contributed by atoms with Crippen molar-refractivity contribution in [2.24, 2.45) is 11.8 Å². The summed E-state index contributed by atoms with van der Waals surface area (Å²) in [5, 5.41) is 0. The molecule has 1 aliphatic rings. The molecule has 1 saturated heterocycles. The molecule has 0 radical (unpaired) electrons. The van der Waals surface area contributed by atoms with Gasteiger partial charge in [0.05, 0.1) is 6.61 Å². The van der Waals surface area contributed by atoms with Crippen LogP contribution in [0.25, 0.3) is 0 Å². The first kappa shape index (κ1) is 7.92. The molecular weight excluding hydrogens is 138 g/mol. The molecule has 0 amide bonds. The van der Waals surface area contributed by atoms with Crippen LogP contribution in [0.2, 0.25) is 0 Å². The molecule has 1 nitrogen and oxygen atoms in total. The Hall–Kier alpha value is -0.180. The Bertz CT molecular complexity index is 116. The van der Waals surface area contributed by atoms with Crippen molar-refractivity contribution in [3.8, 4) is 0 Å². The zero-order valence-corrected chi connectivity index (χ0v) is 6.18. The van der Waals surface area contributed by atoms with Crippen molar-refractivity contribution in [2.75, 3.05) is 6.61 Å². The normalized spacial score (nSPS) is 41.1. The van der Waals surface area contributed by atoms with Crippen LogP contribution in [0.4, 0.5) is 8.78 Å². The maximum atomic E-state index is 12.0. The fraction of sp³-hybridized carbons (Fsp3) is 1.00. The summed E-state index contributed by atoms with van der Waals surface area (Å²) < 4.78 is 29.0. The van der Waals surface area contributed by atoms with Gasteiger partial charge < -0.3 is 4.74 Å². The molecule has 0 aromatic rings. The molecule has 0 spiro atoms. The van der Waals surface area contributed by atoms with Crippen molar-refractivity contribution in [2.45, 2.75) is 26.4 Å². The van der Waals surface area contributed by atoms with E-state index in [0.717, 1.165) is 0 Å². The van der Waals surface area contributed by atoms with Gasteiger partial charge >= 0.3 is 0 Å². The Morgan fingerprint density at radius 1 is 1.40 bits per heavy atom. The first-order chi connectivity index (χ1) is 4.63. The average molecular weight is 150 g/mol. The van der Waals surface area contributed by atoms with Gasteiger partial charge in [-0.05, 0) is 11.8 Å². The van der Waals surface area contributed by atoms with E-state index in [2.05, 4.69) is 0 Å². The summed E-state index contributed by atoms with van der Waals surface area (Å²) in [6.07, 6.45) is -3.14. The molecule has 10 heavy (non-hydrogen) atoms. The van der Waals surface area contributed by atoms with E-state index in [-0.39, 0.29) is 11.8 Å². The summed E-state index contributed by atoms with van der Waals surface area (Å²) in [4.78, 5) is 0. The number of alkyl halides is 2. The van der Waals surface area contributed by atoms with Gasteiger partial charge in [-0.3, -0.25) is 0 Å². The van der Waals surface area contributed by atoms with Crippen LogP contribution in [0.15, 0.2) is 0 Å². The largest absolute Gasteiger partial charge is 0.372 e. The highest BCUT2D eigenvalue weighted by molar-refractivity contribution is 4.79. The van der Waals surface area contributed by atoms with Crippen LogP contribution in [0.3, 0.4) is 0 Å². The lowest BCUT2D eigenvalue weighted by atomic mass is 9.95. The Balaban J connectivity index is 2.49. The van der Waals surface area contributed by atoms with E-state index in [4.69, 9.17) is 4.74 Å². The third-order valence-corrected chi connectivity index (χ3v) is 2.22. The van der Waals surface area contributed by atoms with Crippen LogP contribution in [0.1, 0.15) is 13.8 Å². The van der Waals surface area contributed by atoms with Gasteiger partial charge in [-0.15, -0.1) is 0 Å². The minimum Gasteiger partial charge on any atom is -0.372 e. The van der Waals surface area contributed by atoms with Crippen LogP contribution < -0.4 is 0 Å². The summed E-state index contributed by atoms with van der Waals surface area (Å²) >= 11 is 0. The predicted octanol–water partition coefficient (Wildman–Crippen LogP) is 1.92. The zero-order chi connectivity index (χ0) is 7.72. The average Bonchev–Trinajstić information content (AvgIpc) is 2.14. The number of halogens is 2. The van der Waals surface area contributed by atoms with Gasteiger partial charge in [0.2, 0.25) is 0 Å². The maximum absolute atomic E-state index is 12.0. The molecule has 0 aromatic heterocycles. The van der Waals surface area contributed by atoms with Gasteiger partial charge in [-0.1, -0.05) is 13.8 Å². The molecule has 1 rings (SSSR count). The van der Waals surface area contributed by atoms with Gasteiger partial charge in [-0.2, -0.15) is 0 Å². The number of ether oxygens (including phenoxy) is 1. The van der Waals surface area contributed by atoms with Crippen molar-refractivity contribution in [1.29, 1.82) is 0 Å². The fourth-order valence-electron chi connectivity index (χ4n) is 1.19. The summed E-state index contributed by atoms with van der Waals surface area (Å²) in [6.45, 7) is 4.23. The van der Waals surface area contributed by atoms with Crippen molar-refractivity contribution < 1.29 is 13.5 Å². The van der Waals surface area contributed by atoms with Crippen LogP contribution >= 0.6 is 0 Å². The van der Waals surface area contributed by atoms with Crippen LogP contribution in [0.5, 0.6) is 0 Å². The van der Waals surface area contributed by atoms with E-state index in [9.17, 15) is 8.78 Å². The van der Waals surface area contributed by atoms with E-state index in [1.54, 1.807) is 0 Å². The van der Waals surface area contributed by atoms with Crippen LogP contribution in [0, 0.1) is 11.8 Å². The first-order valence-corrected chi connectivity index (χ1v) is 3.52. The predicted molar refractivity (Wildman–Crippen MR) is 34.1 cm³/mol. The molecule has 3 heteroatoms. The monoisotopic (exact) mass is 150 g/mol. The summed E-state index contributed by atoms with van der Waals surface area (Å²) in [7, 11) is 0. The summed E-state index contributed by atoms with van der Waals surface area (Å²) in [5.41, 5.74) is 0. The third-order valence-electron chi connectivity index (χ3n) is 2.22. The Morgan fingerprint density at radius 3 is 2.20 bits per heavy atom. The van der Waals surface area contributed by atoms with E-state index in [1.165, 1.54) is 0 Å². The zero-order valence-electron chi connectivity index (χ0n) is 6.18. The van der Waals surface area contributed by atoms with Crippen molar-refractivity contribution in [1.82, 2.24) is 0 Å². The fourth-order valence-corrected chi connectivity index (χ4v) is 1.19. The number of hydrogen-bond donors (Lipinski definition) is 0. The van der Waals surface area contributed by atoms with E-state index < -0.39 is 12.5 Å². The highest BCUT2D eigenvalue weighted by Crippen LogP contribution is 2.29. The molecule has 0 saturated carbocycles. The third kappa shape index (κ3) is 1.29. The van der Waals surface area contributed by atoms with Crippen molar-refractivity contribution >= 4 is 0 Å². The quantitative estimate of drug-likeness (QED) is 0.555. The highest BCUT2D eigenvalue weighted by Gasteiger charge is 2.36.